The summed E-state index contributed by atoms with van der Waals surface area (Å²) in [6.45, 7) is 3.97. The highest BCUT2D eigenvalue weighted by Crippen LogP contribution is 2.16. The minimum absolute atomic E-state index is 0.125. The summed E-state index contributed by atoms with van der Waals surface area (Å²) < 4.78 is 31.8. The zero-order valence-electron chi connectivity index (χ0n) is 12.1. The largest absolute Gasteiger partial charge is 0.469 e. The van der Waals surface area contributed by atoms with Gasteiger partial charge in [-0.2, -0.15) is 0 Å². The Hall–Kier alpha value is -1.53. The number of nitrogens with zero attached hydrogens (tertiary/aromatic N) is 2. The van der Waals surface area contributed by atoms with E-state index in [1.54, 1.807) is 0 Å². The van der Waals surface area contributed by atoms with Gasteiger partial charge < -0.3 is 9.64 Å². The van der Waals surface area contributed by atoms with Crippen LogP contribution < -0.4 is 0 Å². The van der Waals surface area contributed by atoms with Crippen LogP contribution in [0.25, 0.3) is 0 Å². The molecule has 0 N–H and O–H groups in total. The second-order valence-corrected chi connectivity index (χ2v) is 5.14. The van der Waals surface area contributed by atoms with Crippen LogP contribution in [0.4, 0.5) is 8.78 Å². The average molecular weight is 298 g/mol. The van der Waals surface area contributed by atoms with E-state index >= 15 is 0 Å². The van der Waals surface area contributed by atoms with E-state index < -0.39 is 11.6 Å². The van der Waals surface area contributed by atoms with Crippen molar-refractivity contribution in [2.75, 3.05) is 39.8 Å². The number of ether oxygens (including phenoxy) is 1. The van der Waals surface area contributed by atoms with E-state index in [-0.39, 0.29) is 18.1 Å². The fraction of sp³-hybridized carbons (Fsp3) is 0.533. The first-order chi connectivity index (χ1) is 10.1. The highest BCUT2D eigenvalue weighted by Gasteiger charge is 2.20. The standard InChI is InChI=1S/C15H20F2N2O2/c1-21-15(20)5-6-18-7-9-19(10-8-18)11-12-13(16)3-2-4-14(12)17/h2-4H,5-11H2,1H3. The van der Waals surface area contributed by atoms with Crippen molar-refractivity contribution in [3.8, 4) is 0 Å². The zero-order valence-corrected chi connectivity index (χ0v) is 12.1. The molecule has 1 aliphatic rings. The fourth-order valence-corrected chi connectivity index (χ4v) is 2.43. The maximum atomic E-state index is 13.6. The van der Waals surface area contributed by atoms with Crippen LogP contribution in [0.2, 0.25) is 0 Å². The minimum Gasteiger partial charge on any atom is -0.469 e. The first kappa shape index (κ1) is 15.9. The van der Waals surface area contributed by atoms with Crippen LogP contribution in [-0.2, 0) is 16.1 Å². The van der Waals surface area contributed by atoms with Crippen LogP contribution in [0.3, 0.4) is 0 Å². The predicted octanol–water partition coefficient (Wildman–Crippen LogP) is 1.65. The van der Waals surface area contributed by atoms with Gasteiger partial charge in [-0.3, -0.25) is 9.69 Å². The first-order valence-corrected chi connectivity index (χ1v) is 7.04. The summed E-state index contributed by atoms with van der Waals surface area (Å²) in [7, 11) is 1.38. The lowest BCUT2D eigenvalue weighted by Gasteiger charge is -2.34. The first-order valence-electron chi connectivity index (χ1n) is 7.04. The number of halogens is 2. The molecular weight excluding hydrogens is 278 g/mol. The number of carbonyl (C=O) groups excluding carboxylic acids is 1. The molecule has 1 aliphatic heterocycles. The Kier molecular flexibility index (Phi) is 5.64. The molecule has 1 saturated heterocycles. The molecule has 0 aromatic heterocycles. The van der Waals surface area contributed by atoms with E-state index in [1.165, 1.54) is 25.3 Å². The van der Waals surface area contributed by atoms with Crippen LogP contribution in [0.1, 0.15) is 12.0 Å². The van der Waals surface area contributed by atoms with Gasteiger partial charge in [-0.25, -0.2) is 8.78 Å². The van der Waals surface area contributed by atoms with Gasteiger partial charge in [0.2, 0.25) is 0 Å². The number of hydrogen-bond acceptors (Lipinski definition) is 4. The summed E-state index contributed by atoms with van der Waals surface area (Å²) in [5.74, 6) is -1.21. The van der Waals surface area contributed by atoms with E-state index in [0.717, 1.165) is 26.2 Å². The summed E-state index contributed by atoms with van der Waals surface area (Å²) in [5, 5.41) is 0. The molecule has 1 aromatic rings. The Morgan fingerprint density at radius 2 is 1.71 bits per heavy atom. The molecule has 0 amide bonds. The van der Waals surface area contributed by atoms with Gasteiger partial charge >= 0.3 is 5.97 Å². The van der Waals surface area contributed by atoms with E-state index in [4.69, 9.17) is 0 Å². The molecule has 0 radical (unpaired) electrons. The second kappa shape index (κ2) is 7.47. The normalized spacial score (nSPS) is 16.9. The topological polar surface area (TPSA) is 32.8 Å². The summed E-state index contributed by atoms with van der Waals surface area (Å²) in [6.07, 6.45) is 0.373. The number of rotatable bonds is 5. The number of piperazine rings is 1. The Bertz CT molecular complexity index is 468. The third-order valence-corrected chi connectivity index (χ3v) is 3.77. The molecule has 0 bridgehead atoms. The third-order valence-electron chi connectivity index (χ3n) is 3.77. The molecule has 6 heteroatoms. The molecule has 1 fully saturated rings. The number of esters is 1. The van der Waals surface area contributed by atoms with Gasteiger partial charge in [-0.05, 0) is 12.1 Å². The van der Waals surface area contributed by atoms with Crippen LogP contribution >= 0.6 is 0 Å². The Morgan fingerprint density at radius 3 is 2.29 bits per heavy atom. The predicted molar refractivity (Wildman–Crippen MR) is 74.7 cm³/mol. The lowest BCUT2D eigenvalue weighted by molar-refractivity contribution is -0.141. The van der Waals surface area contributed by atoms with Crippen LogP contribution in [0.15, 0.2) is 18.2 Å². The molecule has 116 valence electrons. The Morgan fingerprint density at radius 1 is 1.14 bits per heavy atom. The van der Waals surface area contributed by atoms with Crippen molar-refractivity contribution in [1.82, 2.24) is 9.80 Å². The van der Waals surface area contributed by atoms with Gasteiger partial charge in [-0.15, -0.1) is 0 Å². The zero-order chi connectivity index (χ0) is 15.2. The Labute approximate surface area is 123 Å². The number of hydrogen-bond donors (Lipinski definition) is 0. The van der Waals surface area contributed by atoms with Crippen LogP contribution in [0, 0.1) is 11.6 Å². The van der Waals surface area contributed by atoms with Crippen molar-refractivity contribution in [2.24, 2.45) is 0 Å². The molecule has 0 saturated carbocycles. The maximum Gasteiger partial charge on any atom is 0.306 e. The summed E-state index contributed by atoms with van der Waals surface area (Å²) in [6, 6.07) is 3.94. The molecule has 1 aromatic carbocycles. The third kappa shape index (κ3) is 4.47. The van der Waals surface area contributed by atoms with Gasteiger partial charge in [0, 0.05) is 44.8 Å². The van der Waals surface area contributed by atoms with Gasteiger partial charge in [0.1, 0.15) is 11.6 Å². The smallest absolute Gasteiger partial charge is 0.306 e. The minimum atomic E-state index is -0.497. The van der Waals surface area contributed by atoms with E-state index in [2.05, 4.69) is 9.64 Å². The molecule has 2 rings (SSSR count). The Balaban J connectivity index is 1.80. The number of carbonyl (C=O) groups is 1. The summed E-state index contributed by atoms with van der Waals surface area (Å²) in [5.41, 5.74) is 0.125. The highest BCUT2D eigenvalue weighted by molar-refractivity contribution is 5.69. The van der Waals surface area contributed by atoms with Gasteiger partial charge in [0.15, 0.2) is 0 Å². The molecule has 0 aliphatic carbocycles. The summed E-state index contributed by atoms with van der Waals surface area (Å²) >= 11 is 0. The summed E-state index contributed by atoms with van der Waals surface area (Å²) in [4.78, 5) is 15.3. The molecule has 0 spiro atoms. The molecule has 21 heavy (non-hydrogen) atoms. The SMILES string of the molecule is COC(=O)CCN1CCN(Cc2c(F)cccc2F)CC1. The van der Waals surface area contributed by atoms with Gasteiger partial charge in [0.25, 0.3) is 0 Å². The fourth-order valence-electron chi connectivity index (χ4n) is 2.43. The monoisotopic (exact) mass is 298 g/mol. The molecular formula is C15H20F2N2O2. The number of methoxy groups -OCH3 is 1. The molecule has 4 nitrogen and oxygen atoms in total. The van der Waals surface area contributed by atoms with E-state index in [0.29, 0.717) is 13.0 Å². The van der Waals surface area contributed by atoms with Crippen molar-refractivity contribution in [3.05, 3.63) is 35.4 Å². The van der Waals surface area contributed by atoms with Crippen molar-refractivity contribution in [3.63, 3.8) is 0 Å². The average Bonchev–Trinajstić information content (AvgIpc) is 2.50. The molecule has 1 heterocycles. The molecule has 0 atom stereocenters. The quantitative estimate of drug-likeness (QED) is 0.774. The van der Waals surface area contributed by atoms with Crippen molar-refractivity contribution in [2.45, 2.75) is 13.0 Å². The van der Waals surface area contributed by atoms with Crippen molar-refractivity contribution >= 4 is 5.97 Å². The highest BCUT2D eigenvalue weighted by atomic mass is 19.1. The number of benzene rings is 1. The lowest BCUT2D eigenvalue weighted by atomic mass is 10.1. The lowest BCUT2D eigenvalue weighted by Crippen LogP contribution is -2.46. The second-order valence-electron chi connectivity index (χ2n) is 5.14. The molecule has 0 unspecified atom stereocenters. The van der Waals surface area contributed by atoms with Crippen LogP contribution in [-0.4, -0.2) is 55.6 Å². The van der Waals surface area contributed by atoms with Crippen molar-refractivity contribution < 1.29 is 18.3 Å². The van der Waals surface area contributed by atoms with E-state index in [9.17, 15) is 13.6 Å². The van der Waals surface area contributed by atoms with Gasteiger partial charge in [0.05, 0.1) is 13.5 Å². The van der Waals surface area contributed by atoms with Crippen molar-refractivity contribution in [1.29, 1.82) is 0 Å². The van der Waals surface area contributed by atoms with E-state index in [1.807, 2.05) is 4.90 Å². The van der Waals surface area contributed by atoms with Gasteiger partial charge in [-0.1, -0.05) is 6.07 Å². The van der Waals surface area contributed by atoms with Crippen LogP contribution in [0.5, 0.6) is 0 Å². The maximum absolute atomic E-state index is 13.6.